The molecule has 1 heterocycles. The summed E-state index contributed by atoms with van der Waals surface area (Å²) in [6.07, 6.45) is 0. The largest absolute Gasteiger partial charge is 0.486 e. The van der Waals surface area contributed by atoms with Crippen LogP contribution in [0, 0.1) is 6.92 Å². The number of amides is 1. The van der Waals surface area contributed by atoms with Gasteiger partial charge in [0.15, 0.2) is 18.1 Å². The summed E-state index contributed by atoms with van der Waals surface area (Å²) in [5.41, 5.74) is 3.18. The van der Waals surface area contributed by atoms with Crippen LogP contribution in [0.25, 0.3) is 0 Å². The fourth-order valence-electron chi connectivity index (χ4n) is 3.08. The topological polar surface area (TPSA) is 56.8 Å². The molecule has 27 heavy (non-hydrogen) atoms. The van der Waals surface area contributed by atoms with Gasteiger partial charge in [0.25, 0.3) is 5.91 Å². The minimum atomic E-state index is -0.159. The van der Waals surface area contributed by atoms with Gasteiger partial charge in [-0.15, -0.1) is 0 Å². The summed E-state index contributed by atoms with van der Waals surface area (Å²) in [7, 11) is 0. The summed E-state index contributed by atoms with van der Waals surface area (Å²) in [4.78, 5) is 12.4. The highest BCUT2D eigenvalue weighted by atomic mass is 16.6. The molecule has 0 bridgehead atoms. The number of hydrogen-bond acceptors (Lipinski definition) is 4. The molecule has 5 heteroatoms. The molecule has 5 nitrogen and oxygen atoms in total. The van der Waals surface area contributed by atoms with E-state index in [9.17, 15) is 4.79 Å². The smallest absolute Gasteiger partial charge is 0.258 e. The molecule has 1 N–H and O–H groups in total. The van der Waals surface area contributed by atoms with Crippen LogP contribution >= 0.6 is 0 Å². The van der Waals surface area contributed by atoms with Crippen LogP contribution in [-0.4, -0.2) is 25.7 Å². The standard InChI is InChI=1S/C22H27NO4/c1-14(2)18-7-5-15(3)11-20(18)27-13-22(24)23-16(4)17-6-8-19-21(12-17)26-10-9-25-19/h5-8,11-12,14,16H,9-10,13H2,1-4H3,(H,23,24)/t16-/m0/s1. The van der Waals surface area contributed by atoms with Crippen molar-refractivity contribution in [1.29, 1.82) is 0 Å². The molecule has 0 radical (unpaired) electrons. The Labute approximate surface area is 160 Å². The Balaban J connectivity index is 1.60. The third-order valence-electron chi connectivity index (χ3n) is 4.59. The maximum Gasteiger partial charge on any atom is 0.258 e. The fourth-order valence-corrected chi connectivity index (χ4v) is 3.08. The molecule has 3 rings (SSSR count). The molecule has 1 aliphatic rings. The Bertz CT molecular complexity index is 816. The van der Waals surface area contributed by atoms with E-state index in [1.807, 2.05) is 38.1 Å². The van der Waals surface area contributed by atoms with E-state index in [4.69, 9.17) is 14.2 Å². The minimum absolute atomic E-state index is 0.0158. The number of rotatable bonds is 6. The van der Waals surface area contributed by atoms with Crippen molar-refractivity contribution in [2.75, 3.05) is 19.8 Å². The first-order valence-electron chi connectivity index (χ1n) is 9.36. The molecule has 1 atom stereocenters. The van der Waals surface area contributed by atoms with Gasteiger partial charge in [-0.25, -0.2) is 0 Å². The van der Waals surface area contributed by atoms with Crippen molar-refractivity contribution in [2.45, 2.75) is 39.7 Å². The van der Waals surface area contributed by atoms with Gasteiger partial charge in [-0.2, -0.15) is 0 Å². The first-order valence-corrected chi connectivity index (χ1v) is 9.36. The van der Waals surface area contributed by atoms with Gasteiger partial charge in [0.2, 0.25) is 0 Å². The molecule has 0 unspecified atom stereocenters. The van der Waals surface area contributed by atoms with Gasteiger partial charge in [-0.3, -0.25) is 4.79 Å². The van der Waals surface area contributed by atoms with Crippen LogP contribution in [0.5, 0.6) is 17.2 Å². The van der Waals surface area contributed by atoms with Gasteiger partial charge in [-0.05, 0) is 54.7 Å². The Hall–Kier alpha value is -2.69. The van der Waals surface area contributed by atoms with Crippen molar-refractivity contribution in [3.05, 3.63) is 53.1 Å². The number of benzene rings is 2. The van der Waals surface area contributed by atoms with Crippen molar-refractivity contribution >= 4 is 5.91 Å². The fraction of sp³-hybridized carbons (Fsp3) is 0.409. The van der Waals surface area contributed by atoms with Crippen molar-refractivity contribution in [3.63, 3.8) is 0 Å². The highest BCUT2D eigenvalue weighted by Crippen LogP contribution is 2.32. The number of fused-ring (bicyclic) bond motifs is 1. The molecule has 0 spiro atoms. The molecule has 2 aromatic carbocycles. The first-order chi connectivity index (χ1) is 12.9. The zero-order chi connectivity index (χ0) is 19.4. The maximum atomic E-state index is 12.4. The van der Waals surface area contributed by atoms with Gasteiger partial charge in [0.1, 0.15) is 19.0 Å². The second-order valence-corrected chi connectivity index (χ2v) is 7.18. The Morgan fingerprint density at radius 2 is 1.81 bits per heavy atom. The lowest BCUT2D eigenvalue weighted by Crippen LogP contribution is -2.31. The van der Waals surface area contributed by atoms with Crippen molar-refractivity contribution < 1.29 is 19.0 Å². The van der Waals surface area contributed by atoms with Crippen LogP contribution in [0.2, 0.25) is 0 Å². The SMILES string of the molecule is Cc1ccc(C(C)C)c(OCC(=O)N[C@@H](C)c2ccc3c(c2)OCCO3)c1. The van der Waals surface area contributed by atoms with Crippen molar-refractivity contribution in [3.8, 4) is 17.2 Å². The normalized spacial score (nSPS) is 14.0. The number of hydrogen-bond donors (Lipinski definition) is 1. The second kappa shape index (κ2) is 8.33. The molecule has 0 fully saturated rings. The van der Waals surface area contributed by atoms with Gasteiger partial charge in [-0.1, -0.05) is 32.0 Å². The predicted octanol–water partition coefficient (Wildman–Crippen LogP) is 4.15. The summed E-state index contributed by atoms with van der Waals surface area (Å²) >= 11 is 0. The third kappa shape index (κ3) is 4.73. The predicted molar refractivity (Wildman–Crippen MR) is 105 cm³/mol. The van der Waals surface area contributed by atoms with E-state index in [0.717, 1.165) is 33.9 Å². The number of ether oxygens (including phenoxy) is 3. The Morgan fingerprint density at radius 1 is 1.07 bits per heavy atom. The average molecular weight is 369 g/mol. The summed E-state index contributed by atoms with van der Waals surface area (Å²) < 4.78 is 17.0. The average Bonchev–Trinajstić information content (AvgIpc) is 2.65. The summed E-state index contributed by atoms with van der Waals surface area (Å²) in [6, 6.07) is 11.7. The molecule has 0 aromatic heterocycles. The lowest BCUT2D eigenvalue weighted by atomic mass is 10.0. The molecule has 0 saturated carbocycles. The maximum absolute atomic E-state index is 12.4. The van der Waals surface area contributed by atoms with Crippen LogP contribution < -0.4 is 19.5 Å². The zero-order valence-corrected chi connectivity index (χ0v) is 16.4. The van der Waals surface area contributed by atoms with E-state index in [0.29, 0.717) is 19.1 Å². The summed E-state index contributed by atoms with van der Waals surface area (Å²) in [5.74, 6) is 2.41. The van der Waals surface area contributed by atoms with E-state index in [2.05, 4.69) is 31.3 Å². The van der Waals surface area contributed by atoms with Gasteiger partial charge in [0.05, 0.1) is 6.04 Å². The van der Waals surface area contributed by atoms with Gasteiger partial charge in [0, 0.05) is 0 Å². The Morgan fingerprint density at radius 3 is 2.56 bits per heavy atom. The highest BCUT2D eigenvalue weighted by molar-refractivity contribution is 5.78. The van der Waals surface area contributed by atoms with E-state index in [1.54, 1.807) is 0 Å². The first kappa shape index (κ1) is 19.1. The molecule has 0 aliphatic carbocycles. The van der Waals surface area contributed by atoms with Crippen LogP contribution in [-0.2, 0) is 4.79 Å². The number of carbonyl (C=O) groups excluding carboxylic acids is 1. The van der Waals surface area contributed by atoms with Crippen molar-refractivity contribution in [2.24, 2.45) is 0 Å². The summed E-state index contributed by atoms with van der Waals surface area (Å²) in [5, 5.41) is 2.98. The second-order valence-electron chi connectivity index (χ2n) is 7.18. The van der Waals surface area contributed by atoms with Gasteiger partial charge >= 0.3 is 0 Å². The molecule has 1 aliphatic heterocycles. The number of aryl methyl sites for hydroxylation is 1. The van der Waals surface area contributed by atoms with Gasteiger partial charge < -0.3 is 19.5 Å². The Kier molecular flexibility index (Phi) is 5.89. The zero-order valence-electron chi connectivity index (χ0n) is 16.4. The lowest BCUT2D eigenvalue weighted by Gasteiger charge is -2.21. The number of carbonyl (C=O) groups is 1. The van der Waals surface area contributed by atoms with Crippen LogP contribution in [0.4, 0.5) is 0 Å². The molecular formula is C22H27NO4. The molecule has 1 amide bonds. The van der Waals surface area contributed by atoms with Crippen LogP contribution in [0.3, 0.4) is 0 Å². The minimum Gasteiger partial charge on any atom is -0.486 e. The third-order valence-corrected chi connectivity index (χ3v) is 4.59. The van der Waals surface area contributed by atoms with Crippen LogP contribution in [0.15, 0.2) is 36.4 Å². The lowest BCUT2D eigenvalue weighted by molar-refractivity contribution is -0.123. The molecular weight excluding hydrogens is 342 g/mol. The van der Waals surface area contributed by atoms with Crippen molar-refractivity contribution in [1.82, 2.24) is 5.32 Å². The van der Waals surface area contributed by atoms with E-state index >= 15 is 0 Å². The highest BCUT2D eigenvalue weighted by Gasteiger charge is 2.16. The quantitative estimate of drug-likeness (QED) is 0.831. The monoisotopic (exact) mass is 369 g/mol. The molecule has 144 valence electrons. The van der Waals surface area contributed by atoms with E-state index in [-0.39, 0.29) is 18.6 Å². The van der Waals surface area contributed by atoms with Crippen LogP contribution in [0.1, 0.15) is 49.4 Å². The summed E-state index contributed by atoms with van der Waals surface area (Å²) in [6.45, 7) is 9.27. The van der Waals surface area contributed by atoms with E-state index in [1.165, 1.54) is 0 Å². The number of nitrogens with one attached hydrogen (secondary N) is 1. The molecule has 0 saturated heterocycles. The molecule has 2 aromatic rings. The van der Waals surface area contributed by atoms with E-state index < -0.39 is 0 Å².